The van der Waals surface area contributed by atoms with E-state index in [1.807, 2.05) is 36.4 Å². The lowest BCUT2D eigenvalue weighted by atomic mass is 10.1. The molecule has 0 saturated heterocycles. The van der Waals surface area contributed by atoms with Gasteiger partial charge in [0.15, 0.2) is 0 Å². The van der Waals surface area contributed by atoms with Gasteiger partial charge in [0.2, 0.25) is 0 Å². The minimum absolute atomic E-state index is 0.0998. The molecule has 1 aromatic carbocycles. The van der Waals surface area contributed by atoms with Crippen molar-refractivity contribution in [1.29, 1.82) is 0 Å². The van der Waals surface area contributed by atoms with Gasteiger partial charge < -0.3 is 5.32 Å². The lowest BCUT2D eigenvalue weighted by molar-refractivity contribution is 0.0951. The van der Waals surface area contributed by atoms with Crippen molar-refractivity contribution in [3.8, 4) is 11.3 Å². The first-order valence-electron chi connectivity index (χ1n) is 7.11. The number of nitrogens with one attached hydrogen (secondary N) is 1. The van der Waals surface area contributed by atoms with Crippen LogP contribution in [0.25, 0.3) is 11.3 Å². The van der Waals surface area contributed by atoms with Crippen LogP contribution in [0.5, 0.6) is 0 Å². The summed E-state index contributed by atoms with van der Waals surface area (Å²) in [7, 11) is 0. The normalized spacial score (nSPS) is 10.3. The molecule has 0 bridgehead atoms. The van der Waals surface area contributed by atoms with Crippen LogP contribution in [0.3, 0.4) is 0 Å². The van der Waals surface area contributed by atoms with Crippen LogP contribution in [-0.4, -0.2) is 15.9 Å². The first-order valence-corrected chi connectivity index (χ1v) is 7.91. The Bertz CT molecular complexity index is 804. The molecule has 0 atom stereocenters. The van der Waals surface area contributed by atoms with E-state index < -0.39 is 0 Å². The number of benzene rings is 1. The molecule has 0 aliphatic rings. The molecule has 4 nitrogen and oxygen atoms in total. The molecule has 5 heteroatoms. The van der Waals surface area contributed by atoms with E-state index in [2.05, 4.69) is 31.2 Å². The predicted molar refractivity (Wildman–Crippen MR) is 92.8 cm³/mol. The molecule has 0 spiro atoms. The Labute approximate surface area is 142 Å². The molecule has 0 aliphatic carbocycles. The molecule has 3 aromatic rings. The summed E-state index contributed by atoms with van der Waals surface area (Å²) in [6.45, 7) is 0.449. The number of amides is 1. The molecule has 0 radical (unpaired) electrons. The zero-order valence-electron chi connectivity index (χ0n) is 12.2. The van der Waals surface area contributed by atoms with Crippen LogP contribution in [-0.2, 0) is 6.54 Å². The molecule has 1 amide bonds. The third-order valence-corrected chi connectivity index (χ3v) is 3.87. The van der Waals surface area contributed by atoms with Gasteiger partial charge in [-0.05, 0) is 54.1 Å². The second-order valence-corrected chi connectivity index (χ2v) is 5.90. The molecule has 0 saturated carbocycles. The average molecular weight is 368 g/mol. The van der Waals surface area contributed by atoms with Crippen LogP contribution >= 0.6 is 15.9 Å². The van der Waals surface area contributed by atoms with E-state index in [-0.39, 0.29) is 5.91 Å². The third kappa shape index (κ3) is 4.02. The van der Waals surface area contributed by atoms with Gasteiger partial charge in [-0.2, -0.15) is 0 Å². The van der Waals surface area contributed by atoms with Crippen molar-refractivity contribution in [3.05, 3.63) is 82.7 Å². The highest BCUT2D eigenvalue weighted by molar-refractivity contribution is 9.10. The van der Waals surface area contributed by atoms with Crippen molar-refractivity contribution in [2.75, 3.05) is 0 Å². The van der Waals surface area contributed by atoms with Gasteiger partial charge in [0.1, 0.15) is 0 Å². The first kappa shape index (κ1) is 15.4. The van der Waals surface area contributed by atoms with Crippen molar-refractivity contribution < 1.29 is 4.79 Å². The molecule has 0 aliphatic heterocycles. The fraction of sp³-hybridized carbons (Fsp3) is 0.0556. The van der Waals surface area contributed by atoms with E-state index in [4.69, 9.17) is 0 Å². The highest BCUT2D eigenvalue weighted by atomic mass is 79.9. The molecular weight excluding hydrogens is 354 g/mol. The Kier molecular flexibility index (Phi) is 4.78. The van der Waals surface area contributed by atoms with Crippen LogP contribution < -0.4 is 5.32 Å². The van der Waals surface area contributed by atoms with Gasteiger partial charge in [-0.15, -0.1) is 0 Å². The summed E-state index contributed by atoms with van der Waals surface area (Å²) in [5, 5.41) is 2.92. The topological polar surface area (TPSA) is 54.9 Å². The zero-order chi connectivity index (χ0) is 16.1. The Balaban J connectivity index is 1.69. The Morgan fingerprint density at radius 3 is 2.65 bits per heavy atom. The van der Waals surface area contributed by atoms with Gasteiger partial charge >= 0.3 is 0 Å². The van der Waals surface area contributed by atoms with Gasteiger partial charge in [-0.25, -0.2) is 0 Å². The minimum Gasteiger partial charge on any atom is -0.348 e. The third-order valence-electron chi connectivity index (χ3n) is 3.34. The maximum atomic E-state index is 12.1. The summed E-state index contributed by atoms with van der Waals surface area (Å²) < 4.78 is 0.948. The quantitative estimate of drug-likeness (QED) is 0.762. The predicted octanol–water partition coefficient (Wildman–Crippen LogP) is 3.84. The summed E-state index contributed by atoms with van der Waals surface area (Å²) in [4.78, 5) is 20.6. The van der Waals surface area contributed by atoms with E-state index in [0.717, 1.165) is 21.3 Å². The van der Waals surface area contributed by atoms with Crippen LogP contribution in [0.1, 0.15) is 15.9 Å². The Hall–Kier alpha value is -2.53. The molecule has 1 N–H and O–H groups in total. The van der Waals surface area contributed by atoms with E-state index in [1.165, 1.54) is 0 Å². The first-order chi connectivity index (χ1) is 11.2. The monoisotopic (exact) mass is 367 g/mol. The number of nitrogens with zero attached hydrogens (tertiary/aromatic N) is 2. The van der Waals surface area contributed by atoms with Gasteiger partial charge in [-0.3, -0.25) is 14.8 Å². The van der Waals surface area contributed by atoms with E-state index in [0.29, 0.717) is 12.1 Å². The fourth-order valence-corrected chi connectivity index (χ4v) is 2.41. The van der Waals surface area contributed by atoms with Crippen molar-refractivity contribution in [3.63, 3.8) is 0 Å². The van der Waals surface area contributed by atoms with E-state index >= 15 is 0 Å². The fourth-order valence-electron chi connectivity index (χ4n) is 2.14. The number of aromatic nitrogens is 2. The molecule has 23 heavy (non-hydrogen) atoms. The standard InChI is InChI=1S/C18H14BrN3O/c19-16-5-3-14(4-6-16)18(23)22-11-13-7-9-21-17(10-13)15-2-1-8-20-12-15/h1-10,12H,11H2,(H,22,23). The number of carbonyl (C=O) groups excluding carboxylic acids is 1. The number of carbonyl (C=O) groups is 1. The lowest BCUT2D eigenvalue weighted by Gasteiger charge is -2.07. The zero-order valence-corrected chi connectivity index (χ0v) is 13.8. The van der Waals surface area contributed by atoms with Crippen molar-refractivity contribution in [2.24, 2.45) is 0 Å². The van der Waals surface area contributed by atoms with Crippen LogP contribution in [0.15, 0.2) is 71.6 Å². The van der Waals surface area contributed by atoms with Crippen LogP contribution in [0.2, 0.25) is 0 Å². The Morgan fingerprint density at radius 2 is 1.91 bits per heavy atom. The van der Waals surface area contributed by atoms with Crippen molar-refractivity contribution >= 4 is 21.8 Å². The molecule has 0 unspecified atom stereocenters. The molecule has 0 fully saturated rings. The van der Waals surface area contributed by atoms with Crippen molar-refractivity contribution in [1.82, 2.24) is 15.3 Å². The SMILES string of the molecule is O=C(NCc1ccnc(-c2cccnc2)c1)c1ccc(Br)cc1. The summed E-state index contributed by atoms with van der Waals surface area (Å²) in [6.07, 6.45) is 5.24. The summed E-state index contributed by atoms with van der Waals surface area (Å²) in [6, 6.07) is 14.9. The number of pyridine rings is 2. The Morgan fingerprint density at radius 1 is 1.09 bits per heavy atom. The summed E-state index contributed by atoms with van der Waals surface area (Å²) in [5.74, 6) is -0.0998. The summed E-state index contributed by atoms with van der Waals surface area (Å²) >= 11 is 3.36. The molecule has 114 valence electrons. The average Bonchev–Trinajstić information content (AvgIpc) is 2.61. The molecule has 2 heterocycles. The second-order valence-electron chi connectivity index (χ2n) is 4.98. The van der Waals surface area contributed by atoms with Gasteiger partial charge in [0.25, 0.3) is 5.91 Å². The molecule has 3 rings (SSSR count). The van der Waals surface area contributed by atoms with Gasteiger partial charge in [-0.1, -0.05) is 15.9 Å². The number of hydrogen-bond donors (Lipinski definition) is 1. The van der Waals surface area contributed by atoms with Gasteiger partial charge in [0.05, 0.1) is 5.69 Å². The lowest BCUT2D eigenvalue weighted by Crippen LogP contribution is -2.22. The number of rotatable bonds is 4. The molecular formula is C18H14BrN3O. The number of halogens is 1. The van der Waals surface area contributed by atoms with Crippen molar-refractivity contribution in [2.45, 2.75) is 6.54 Å². The van der Waals surface area contributed by atoms with Crippen LogP contribution in [0.4, 0.5) is 0 Å². The van der Waals surface area contributed by atoms with Gasteiger partial charge in [0, 0.05) is 40.7 Å². The maximum Gasteiger partial charge on any atom is 0.251 e. The highest BCUT2D eigenvalue weighted by Gasteiger charge is 2.06. The molecule has 2 aromatic heterocycles. The second kappa shape index (κ2) is 7.15. The largest absolute Gasteiger partial charge is 0.348 e. The minimum atomic E-state index is -0.0998. The van der Waals surface area contributed by atoms with Crippen LogP contribution in [0, 0.1) is 0 Å². The van der Waals surface area contributed by atoms with E-state index in [1.54, 1.807) is 30.7 Å². The number of hydrogen-bond acceptors (Lipinski definition) is 3. The smallest absolute Gasteiger partial charge is 0.251 e. The highest BCUT2D eigenvalue weighted by Crippen LogP contribution is 2.16. The van der Waals surface area contributed by atoms with E-state index in [9.17, 15) is 4.79 Å². The maximum absolute atomic E-state index is 12.1. The summed E-state index contributed by atoms with van der Waals surface area (Å²) in [5.41, 5.74) is 3.42.